The normalized spacial score (nSPS) is 13.5. The number of benzene rings is 1. The second kappa shape index (κ2) is 11.7. The highest BCUT2D eigenvalue weighted by Gasteiger charge is 2.20. The van der Waals surface area contributed by atoms with E-state index in [0.29, 0.717) is 18.9 Å². The Hall–Kier alpha value is -2.11. The maximum atomic E-state index is 11.5. The zero-order chi connectivity index (χ0) is 20.4. The monoisotopic (exact) mass is 387 g/mol. The quantitative estimate of drug-likeness (QED) is 0.550. The fraction of sp³-hybridized carbons (Fsp3) is 0.522. The van der Waals surface area contributed by atoms with E-state index in [9.17, 15) is 9.90 Å². The highest BCUT2D eigenvalue weighted by atomic mass is 16.5. The summed E-state index contributed by atoms with van der Waals surface area (Å²) in [6.07, 6.45) is 2.63. The number of ether oxygens (including phenoxy) is 1. The molecule has 0 radical (unpaired) electrons. The molecule has 0 fully saturated rings. The van der Waals surface area contributed by atoms with E-state index in [0.717, 1.165) is 26.1 Å². The molecule has 2 rings (SSSR count). The van der Waals surface area contributed by atoms with Gasteiger partial charge in [0.1, 0.15) is 25.8 Å². The maximum absolute atomic E-state index is 11.5. The van der Waals surface area contributed by atoms with Crippen molar-refractivity contribution in [2.75, 3.05) is 19.7 Å². The van der Waals surface area contributed by atoms with Crippen molar-refractivity contribution in [2.24, 2.45) is 5.92 Å². The summed E-state index contributed by atoms with van der Waals surface area (Å²) < 4.78 is 7.45. The van der Waals surface area contributed by atoms with Crippen LogP contribution < -0.4 is 4.90 Å². The molecule has 0 bridgehead atoms. The van der Waals surface area contributed by atoms with Gasteiger partial charge in [-0.1, -0.05) is 51.1 Å². The van der Waals surface area contributed by atoms with Crippen LogP contribution in [-0.4, -0.2) is 41.4 Å². The number of carbonyl (C=O) groups is 1. The molecule has 0 aliphatic heterocycles. The summed E-state index contributed by atoms with van der Waals surface area (Å²) in [5, 5.41) is 10.4. The standard InChI is InChI=1S/C23H34N2O3/c1-4-9-23(27)28-18-22(26)17-24(14-19(2)3)16-21-12-8-13-25(21)15-20-10-6-5-7-11-20/h5-8,10-13,19,22,26H,4,9,14-18H2,1-3H3/p+1/t22-/m1/s1. The van der Waals surface area contributed by atoms with E-state index >= 15 is 0 Å². The predicted octanol–water partition coefficient (Wildman–Crippen LogP) is 2.28. The van der Waals surface area contributed by atoms with Gasteiger partial charge in [0, 0.05) is 25.1 Å². The Bertz CT molecular complexity index is 697. The van der Waals surface area contributed by atoms with E-state index in [1.165, 1.54) is 16.2 Å². The minimum Gasteiger partial charge on any atom is -0.463 e. The van der Waals surface area contributed by atoms with Crippen molar-refractivity contribution < 1.29 is 19.5 Å². The number of hydrogen-bond acceptors (Lipinski definition) is 3. The molecule has 0 aliphatic rings. The molecule has 1 aromatic heterocycles. The molecule has 0 spiro atoms. The van der Waals surface area contributed by atoms with Gasteiger partial charge in [-0.05, 0) is 24.1 Å². The molecule has 28 heavy (non-hydrogen) atoms. The van der Waals surface area contributed by atoms with Gasteiger partial charge in [-0.15, -0.1) is 0 Å². The Morgan fingerprint density at radius 3 is 2.57 bits per heavy atom. The van der Waals surface area contributed by atoms with Crippen LogP contribution in [0.2, 0.25) is 0 Å². The van der Waals surface area contributed by atoms with Crippen LogP contribution >= 0.6 is 0 Å². The SMILES string of the molecule is CCCC(=O)OC[C@H](O)C[NH+](Cc1cccn1Cc1ccccc1)CC(C)C. The van der Waals surface area contributed by atoms with E-state index in [-0.39, 0.29) is 12.6 Å². The molecular weight excluding hydrogens is 352 g/mol. The summed E-state index contributed by atoms with van der Waals surface area (Å²) in [5.41, 5.74) is 2.52. The van der Waals surface area contributed by atoms with Crippen LogP contribution in [0, 0.1) is 5.92 Å². The zero-order valence-electron chi connectivity index (χ0n) is 17.4. The smallest absolute Gasteiger partial charge is 0.305 e. The summed E-state index contributed by atoms with van der Waals surface area (Å²) >= 11 is 0. The Kier molecular flexibility index (Phi) is 9.24. The van der Waals surface area contributed by atoms with Crippen molar-refractivity contribution in [1.29, 1.82) is 0 Å². The highest BCUT2D eigenvalue weighted by molar-refractivity contribution is 5.69. The number of aromatic nitrogens is 1. The van der Waals surface area contributed by atoms with Crippen LogP contribution in [0.15, 0.2) is 48.7 Å². The van der Waals surface area contributed by atoms with Crippen LogP contribution in [-0.2, 0) is 22.6 Å². The number of hydrogen-bond donors (Lipinski definition) is 2. The molecule has 2 N–H and O–H groups in total. The number of rotatable bonds is 12. The fourth-order valence-electron chi connectivity index (χ4n) is 3.46. The van der Waals surface area contributed by atoms with E-state index in [1.807, 2.05) is 13.0 Å². The number of aliphatic hydroxyl groups is 1. The first-order chi connectivity index (χ1) is 13.5. The minimum atomic E-state index is -0.646. The van der Waals surface area contributed by atoms with E-state index < -0.39 is 6.10 Å². The third-order valence-corrected chi connectivity index (χ3v) is 4.66. The molecule has 0 amide bonds. The molecule has 0 saturated heterocycles. The third-order valence-electron chi connectivity index (χ3n) is 4.66. The molecule has 5 heteroatoms. The van der Waals surface area contributed by atoms with Crippen molar-refractivity contribution in [3.8, 4) is 0 Å². The second-order valence-corrected chi connectivity index (χ2v) is 7.93. The maximum Gasteiger partial charge on any atom is 0.305 e. The molecule has 1 heterocycles. The molecule has 2 aromatic rings. The van der Waals surface area contributed by atoms with Gasteiger partial charge in [-0.2, -0.15) is 0 Å². The van der Waals surface area contributed by atoms with Crippen LogP contribution in [0.1, 0.15) is 44.9 Å². The topological polar surface area (TPSA) is 55.9 Å². The number of nitrogens with zero attached hydrogens (tertiary/aromatic N) is 1. The molecule has 2 atom stereocenters. The lowest BCUT2D eigenvalue weighted by molar-refractivity contribution is -0.920. The highest BCUT2D eigenvalue weighted by Crippen LogP contribution is 2.07. The number of nitrogens with one attached hydrogen (secondary N) is 1. The Labute approximate surface area is 168 Å². The van der Waals surface area contributed by atoms with Gasteiger partial charge in [0.2, 0.25) is 0 Å². The Morgan fingerprint density at radius 2 is 1.89 bits per heavy atom. The lowest BCUT2D eigenvalue weighted by atomic mass is 10.2. The first-order valence-electron chi connectivity index (χ1n) is 10.3. The lowest BCUT2D eigenvalue weighted by Crippen LogP contribution is -3.12. The van der Waals surface area contributed by atoms with Crippen molar-refractivity contribution in [2.45, 2.75) is 52.8 Å². The molecule has 1 unspecified atom stereocenters. The van der Waals surface area contributed by atoms with Crippen LogP contribution in [0.25, 0.3) is 0 Å². The van der Waals surface area contributed by atoms with Crippen molar-refractivity contribution in [3.05, 3.63) is 59.9 Å². The number of aliphatic hydroxyl groups excluding tert-OH is 1. The molecule has 1 aromatic carbocycles. The minimum absolute atomic E-state index is 0.0749. The van der Waals surface area contributed by atoms with E-state index in [4.69, 9.17) is 4.74 Å². The molecular formula is C23H35N2O3+. The van der Waals surface area contributed by atoms with Gasteiger partial charge in [0.15, 0.2) is 0 Å². The predicted molar refractivity (Wildman–Crippen MR) is 111 cm³/mol. The zero-order valence-corrected chi connectivity index (χ0v) is 17.4. The van der Waals surface area contributed by atoms with Gasteiger partial charge in [-0.25, -0.2) is 0 Å². The molecule has 5 nitrogen and oxygen atoms in total. The first kappa shape index (κ1) is 22.2. The van der Waals surface area contributed by atoms with Crippen molar-refractivity contribution >= 4 is 5.97 Å². The van der Waals surface area contributed by atoms with Crippen molar-refractivity contribution in [1.82, 2.24) is 4.57 Å². The van der Waals surface area contributed by atoms with Gasteiger partial charge < -0.3 is 19.3 Å². The molecule has 154 valence electrons. The summed E-state index contributed by atoms with van der Waals surface area (Å²) in [6.45, 7) is 9.59. The van der Waals surface area contributed by atoms with Gasteiger partial charge >= 0.3 is 5.97 Å². The number of quaternary nitrogens is 1. The van der Waals surface area contributed by atoms with Gasteiger partial charge in [-0.3, -0.25) is 4.79 Å². The first-order valence-corrected chi connectivity index (χ1v) is 10.3. The van der Waals surface area contributed by atoms with E-state index in [2.05, 4.69) is 61.0 Å². The average Bonchev–Trinajstić information content (AvgIpc) is 3.07. The van der Waals surface area contributed by atoms with E-state index in [1.54, 1.807) is 0 Å². The molecule has 0 saturated carbocycles. The third kappa shape index (κ3) is 7.87. The largest absolute Gasteiger partial charge is 0.463 e. The lowest BCUT2D eigenvalue weighted by Gasteiger charge is -2.24. The summed E-state index contributed by atoms with van der Waals surface area (Å²) in [5.74, 6) is 0.283. The second-order valence-electron chi connectivity index (χ2n) is 7.93. The average molecular weight is 388 g/mol. The Balaban J connectivity index is 1.96. The van der Waals surface area contributed by atoms with Crippen LogP contribution in [0.3, 0.4) is 0 Å². The van der Waals surface area contributed by atoms with Crippen LogP contribution in [0.4, 0.5) is 0 Å². The van der Waals surface area contributed by atoms with Crippen LogP contribution in [0.5, 0.6) is 0 Å². The number of carbonyl (C=O) groups excluding carboxylic acids is 1. The van der Waals surface area contributed by atoms with Gasteiger partial charge in [0.25, 0.3) is 0 Å². The fourth-order valence-corrected chi connectivity index (χ4v) is 3.46. The van der Waals surface area contributed by atoms with Gasteiger partial charge in [0.05, 0.1) is 12.2 Å². The number of esters is 1. The molecule has 0 aliphatic carbocycles. The van der Waals surface area contributed by atoms with Crippen molar-refractivity contribution in [3.63, 3.8) is 0 Å². The summed E-state index contributed by atoms with van der Waals surface area (Å²) in [4.78, 5) is 12.8. The Morgan fingerprint density at radius 1 is 1.14 bits per heavy atom. The summed E-state index contributed by atoms with van der Waals surface area (Å²) in [6, 6.07) is 14.7. The summed E-state index contributed by atoms with van der Waals surface area (Å²) in [7, 11) is 0.